The van der Waals surface area contributed by atoms with Crippen LogP contribution in [0.15, 0.2) is 122 Å². The molecule has 4 heteroatoms. The van der Waals surface area contributed by atoms with Crippen molar-refractivity contribution in [3.63, 3.8) is 0 Å². The molecule has 0 aliphatic rings. The van der Waals surface area contributed by atoms with Crippen molar-refractivity contribution in [1.29, 1.82) is 0 Å². The molecule has 0 bridgehead atoms. The van der Waals surface area contributed by atoms with E-state index < -0.39 is 12.1 Å². The van der Waals surface area contributed by atoms with Crippen LogP contribution in [0.2, 0.25) is 0 Å². The summed E-state index contributed by atoms with van der Waals surface area (Å²) in [5, 5.41) is 22.8. The largest absolute Gasteiger partial charge is 0.394 e. The minimum Gasteiger partial charge on any atom is -0.394 e. The fourth-order valence-electron chi connectivity index (χ4n) is 5.78. The summed E-state index contributed by atoms with van der Waals surface area (Å²) in [4.78, 5) is 12.3. The first-order chi connectivity index (χ1) is 27.2. The second-order valence-corrected chi connectivity index (χ2v) is 14.4. The van der Waals surface area contributed by atoms with Crippen molar-refractivity contribution >= 4 is 5.91 Å². The van der Waals surface area contributed by atoms with Crippen LogP contribution in [-0.4, -0.2) is 34.9 Å². The Morgan fingerprint density at radius 2 is 0.818 bits per heavy atom. The Hall–Kier alpha value is -3.21. The van der Waals surface area contributed by atoms with Gasteiger partial charge < -0.3 is 15.5 Å². The monoisotopic (exact) mass is 758 g/mol. The van der Waals surface area contributed by atoms with Crippen LogP contribution in [0.4, 0.5) is 0 Å². The molecule has 55 heavy (non-hydrogen) atoms. The van der Waals surface area contributed by atoms with Crippen LogP contribution in [0, 0.1) is 0 Å². The molecule has 0 radical (unpaired) electrons. The van der Waals surface area contributed by atoms with Crippen molar-refractivity contribution < 1.29 is 15.0 Å². The van der Waals surface area contributed by atoms with Crippen molar-refractivity contribution in [2.75, 3.05) is 6.61 Å². The summed E-state index contributed by atoms with van der Waals surface area (Å²) in [6, 6.07) is -0.646. The van der Waals surface area contributed by atoms with E-state index in [0.717, 1.165) is 89.9 Å². The number of hydrogen-bond donors (Lipinski definition) is 3. The molecule has 4 nitrogen and oxygen atoms in total. The molecular formula is C51H83NO3. The Bertz CT molecular complexity index is 1130. The SMILES string of the molecule is CC/C=C\C/C=C\C/C=C\C/C=C\C/C=C\C/C=C\C/C=C\C/C=C\CCCCCCCCCCCCC(=O)NC(CO)C(O)/C=C/CC/C=C/CCCC. The Morgan fingerprint density at radius 1 is 0.455 bits per heavy atom. The summed E-state index contributed by atoms with van der Waals surface area (Å²) >= 11 is 0. The van der Waals surface area contributed by atoms with Gasteiger partial charge in [-0.05, 0) is 89.9 Å². The lowest BCUT2D eigenvalue weighted by molar-refractivity contribution is -0.123. The quantitative estimate of drug-likeness (QED) is 0.0434. The number of carbonyl (C=O) groups is 1. The molecule has 0 rings (SSSR count). The third kappa shape index (κ3) is 41.8. The van der Waals surface area contributed by atoms with Gasteiger partial charge in [0.05, 0.1) is 18.8 Å². The lowest BCUT2D eigenvalue weighted by Gasteiger charge is -2.19. The average molecular weight is 758 g/mol. The van der Waals surface area contributed by atoms with Crippen molar-refractivity contribution in [3.05, 3.63) is 122 Å². The maximum absolute atomic E-state index is 12.3. The molecule has 0 fully saturated rings. The molecule has 2 unspecified atom stereocenters. The zero-order valence-electron chi connectivity index (χ0n) is 35.4. The van der Waals surface area contributed by atoms with E-state index in [2.05, 4.69) is 129 Å². The van der Waals surface area contributed by atoms with Gasteiger partial charge in [0.15, 0.2) is 0 Å². The second kappa shape index (κ2) is 45.2. The first-order valence-corrected chi connectivity index (χ1v) is 22.2. The van der Waals surface area contributed by atoms with E-state index in [1.165, 1.54) is 64.2 Å². The average Bonchev–Trinajstić information content (AvgIpc) is 3.19. The maximum atomic E-state index is 12.3. The number of unbranched alkanes of at least 4 members (excludes halogenated alkanes) is 13. The van der Waals surface area contributed by atoms with Crippen molar-refractivity contribution in [2.45, 2.75) is 187 Å². The topological polar surface area (TPSA) is 69.6 Å². The number of allylic oxidation sites excluding steroid dienone is 19. The van der Waals surface area contributed by atoms with Crippen molar-refractivity contribution in [2.24, 2.45) is 0 Å². The first-order valence-electron chi connectivity index (χ1n) is 22.2. The number of carbonyl (C=O) groups excluding carboxylic acids is 1. The van der Waals surface area contributed by atoms with Gasteiger partial charge in [-0.25, -0.2) is 0 Å². The Balaban J connectivity index is 3.61. The number of rotatable bonds is 38. The third-order valence-corrected chi connectivity index (χ3v) is 9.18. The highest BCUT2D eigenvalue weighted by Crippen LogP contribution is 2.13. The smallest absolute Gasteiger partial charge is 0.220 e. The van der Waals surface area contributed by atoms with Gasteiger partial charge in [0, 0.05) is 6.42 Å². The number of aliphatic hydroxyl groups excluding tert-OH is 2. The van der Waals surface area contributed by atoms with Gasteiger partial charge in [-0.3, -0.25) is 4.79 Å². The Morgan fingerprint density at radius 3 is 1.27 bits per heavy atom. The van der Waals surface area contributed by atoms with Crippen LogP contribution in [-0.2, 0) is 4.79 Å². The molecule has 310 valence electrons. The zero-order chi connectivity index (χ0) is 40.0. The number of nitrogens with one attached hydrogen (secondary N) is 1. The van der Waals surface area contributed by atoms with E-state index in [-0.39, 0.29) is 12.5 Å². The Labute approximate surface area is 339 Å². The first kappa shape index (κ1) is 51.8. The fraction of sp³-hybridized carbons (Fsp3) is 0.588. The van der Waals surface area contributed by atoms with Crippen molar-refractivity contribution in [3.8, 4) is 0 Å². The predicted octanol–water partition coefficient (Wildman–Crippen LogP) is 14.2. The summed E-state index contributed by atoms with van der Waals surface area (Å²) in [5.41, 5.74) is 0. The molecule has 0 aromatic carbocycles. The summed E-state index contributed by atoms with van der Waals surface area (Å²) in [5.74, 6) is -0.0893. The van der Waals surface area contributed by atoms with Gasteiger partial charge in [0.25, 0.3) is 0 Å². The van der Waals surface area contributed by atoms with Crippen LogP contribution in [0.5, 0.6) is 0 Å². The normalized spacial score (nSPS) is 14.2. The molecule has 0 aliphatic carbocycles. The van der Waals surface area contributed by atoms with Gasteiger partial charge in [0.2, 0.25) is 5.91 Å². The Kier molecular flexibility index (Phi) is 42.5. The summed E-state index contributed by atoms with van der Waals surface area (Å²) in [7, 11) is 0. The van der Waals surface area contributed by atoms with E-state index in [0.29, 0.717) is 6.42 Å². The van der Waals surface area contributed by atoms with Crippen LogP contribution in [0.25, 0.3) is 0 Å². The fourth-order valence-corrected chi connectivity index (χ4v) is 5.78. The maximum Gasteiger partial charge on any atom is 0.220 e. The molecule has 2 atom stereocenters. The second-order valence-electron chi connectivity index (χ2n) is 14.4. The third-order valence-electron chi connectivity index (χ3n) is 9.18. The molecule has 0 spiro atoms. The van der Waals surface area contributed by atoms with Crippen LogP contribution in [0.3, 0.4) is 0 Å². The highest BCUT2D eigenvalue weighted by atomic mass is 16.3. The van der Waals surface area contributed by atoms with Crippen LogP contribution >= 0.6 is 0 Å². The summed E-state index contributed by atoms with van der Waals surface area (Å²) in [6.45, 7) is 4.09. The summed E-state index contributed by atoms with van der Waals surface area (Å²) < 4.78 is 0. The lowest BCUT2D eigenvalue weighted by Crippen LogP contribution is -2.45. The van der Waals surface area contributed by atoms with Crippen LogP contribution in [0.1, 0.15) is 174 Å². The standard InChI is InChI=1S/C51H83NO3/c1-3-5-7-9-11-13-14-15-16-17-18-19-20-21-22-23-24-25-26-27-28-29-30-31-32-33-34-35-36-37-38-39-41-43-45-47-51(55)52-49(48-53)50(54)46-44-42-40-12-10-8-6-4-2/h5,7,10-13,15-16,18-19,21-22,24-25,27-28,30-31,44,46,49-50,53-54H,3-4,6,8-9,14,17,20,23,26,29,32-43,45,47-48H2,1-2H3,(H,52,55)/b7-5-,12-10+,13-11-,16-15-,19-18-,22-21-,25-24-,28-27-,31-30-,46-44+. The highest BCUT2D eigenvalue weighted by Gasteiger charge is 2.17. The number of hydrogen-bond acceptors (Lipinski definition) is 3. The minimum absolute atomic E-state index is 0.0893. The van der Waals surface area contributed by atoms with E-state index in [1.807, 2.05) is 6.08 Å². The number of amides is 1. The molecule has 0 saturated heterocycles. The molecule has 0 aromatic rings. The van der Waals surface area contributed by atoms with Gasteiger partial charge in [0.1, 0.15) is 0 Å². The van der Waals surface area contributed by atoms with E-state index in [9.17, 15) is 15.0 Å². The highest BCUT2D eigenvalue weighted by molar-refractivity contribution is 5.76. The van der Waals surface area contributed by atoms with Gasteiger partial charge in [-0.15, -0.1) is 0 Å². The van der Waals surface area contributed by atoms with Gasteiger partial charge >= 0.3 is 0 Å². The van der Waals surface area contributed by atoms with E-state index in [1.54, 1.807) is 6.08 Å². The van der Waals surface area contributed by atoms with E-state index >= 15 is 0 Å². The van der Waals surface area contributed by atoms with Gasteiger partial charge in [-0.2, -0.15) is 0 Å². The molecule has 3 N–H and O–H groups in total. The molecule has 0 aromatic heterocycles. The van der Waals surface area contributed by atoms with Crippen LogP contribution < -0.4 is 5.32 Å². The molecule has 0 aliphatic heterocycles. The molecular weight excluding hydrogens is 675 g/mol. The minimum atomic E-state index is -0.868. The molecule has 0 saturated carbocycles. The molecule has 0 heterocycles. The lowest BCUT2D eigenvalue weighted by atomic mass is 10.0. The predicted molar refractivity (Wildman–Crippen MR) is 243 cm³/mol. The van der Waals surface area contributed by atoms with Gasteiger partial charge in [-0.1, -0.05) is 200 Å². The summed E-state index contributed by atoms with van der Waals surface area (Å²) in [6.07, 6.45) is 70.4. The number of aliphatic hydroxyl groups is 2. The van der Waals surface area contributed by atoms with E-state index in [4.69, 9.17) is 0 Å². The van der Waals surface area contributed by atoms with Crippen molar-refractivity contribution in [1.82, 2.24) is 5.32 Å². The molecule has 1 amide bonds. The zero-order valence-corrected chi connectivity index (χ0v) is 35.4.